The van der Waals surface area contributed by atoms with Crippen LogP contribution in [0.4, 0.5) is 0 Å². The predicted molar refractivity (Wildman–Crippen MR) is 75.9 cm³/mol. The average Bonchev–Trinajstić information content (AvgIpc) is 2.69. The SMILES string of the molecule is CC1(CN2CCc3ccccc3CC2)CCNC1. The van der Waals surface area contributed by atoms with Crippen molar-refractivity contribution in [3.63, 3.8) is 0 Å². The minimum Gasteiger partial charge on any atom is -0.316 e. The molecule has 0 spiro atoms. The van der Waals surface area contributed by atoms with Crippen molar-refractivity contribution in [2.24, 2.45) is 5.41 Å². The van der Waals surface area contributed by atoms with Gasteiger partial charge in [-0.1, -0.05) is 31.2 Å². The summed E-state index contributed by atoms with van der Waals surface area (Å²) >= 11 is 0. The molecule has 18 heavy (non-hydrogen) atoms. The number of hydrogen-bond acceptors (Lipinski definition) is 2. The van der Waals surface area contributed by atoms with Crippen molar-refractivity contribution in [3.05, 3.63) is 35.4 Å². The highest BCUT2D eigenvalue weighted by Crippen LogP contribution is 2.27. The van der Waals surface area contributed by atoms with Gasteiger partial charge in [0.25, 0.3) is 0 Å². The molecule has 1 atom stereocenters. The van der Waals surface area contributed by atoms with Crippen LogP contribution in [-0.4, -0.2) is 37.6 Å². The first-order valence-corrected chi connectivity index (χ1v) is 7.25. The van der Waals surface area contributed by atoms with E-state index in [0.29, 0.717) is 5.41 Å². The molecular weight excluding hydrogens is 220 g/mol. The molecule has 1 unspecified atom stereocenters. The van der Waals surface area contributed by atoms with E-state index in [9.17, 15) is 0 Å². The van der Waals surface area contributed by atoms with Crippen LogP contribution in [0.25, 0.3) is 0 Å². The Morgan fingerprint density at radius 1 is 1.17 bits per heavy atom. The van der Waals surface area contributed by atoms with Gasteiger partial charge in [-0.15, -0.1) is 0 Å². The molecule has 0 saturated carbocycles. The third-order valence-corrected chi connectivity index (χ3v) is 4.58. The third-order valence-electron chi connectivity index (χ3n) is 4.58. The van der Waals surface area contributed by atoms with E-state index in [4.69, 9.17) is 0 Å². The van der Waals surface area contributed by atoms with Gasteiger partial charge in [-0.05, 0) is 42.3 Å². The Hall–Kier alpha value is -0.860. The van der Waals surface area contributed by atoms with Crippen LogP contribution in [0.2, 0.25) is 0 Å². The zero-order valence-electron chi connectivity index (χ0n) is 11.4. The molecule has 1 aromatic carbocycles. The van der Waals surface area contributed by atoms with Gasteiger partial charge in [0.1, 0.15) is 0 Å². The van der Waals surface area contributed by atoms with E-state index in [1.807, 2.05) is 0 Å². The quantitative estimate of drug-likeness (QED) is 0.857. The van der Waals surface area contributed by atoms with E-state index in [2.05, 4.69) is 41.4 Å². The summed E-state index contributed by atoms with van der Waals surface area (Å²) in [5, 5.41) is 3.51. The summed E-state index contributed by atoms with van der Waals surface area (Å²) in [6.07, 6.45) is 3.77. The molecule has 3 rings (SSSR count). The first-order valence-electron chi connectivity index (χ1n) is 7.25. The van der Waals surface area contributed by atoms with E-state index in [1.54, 1.807) is 11.1 Å². The average molecular weight is 244 g/mol. The third kappa shape index (κ3) is 2.60. The largest absolute Gasteiger partial charge is 0.316 e. The molecule has 0 radical (unpaired) electrons. The van der Waals surface area contributed by atoms with Gasteiger partial charge in [0, 0.05) is 26.2 Å². The molecule has 0 aromatic heterocycles. The molecule has 2 heteroatoms. The van der Waals surface area contributed by atoms with Crippen LogP contribution in [0.3, 0.4) is 0 Å². The van der Waals surface area contributed by atoms with Crippen LogP contribution >= 0.6 is 0 Å². The first kappa shape index (κ1) is 12.2. The molecule has 2 aliphatic heterocycles. The molecule has 2 heterocycles. The topological polar surface area (TPSA) is 15.3 Å². The van der Waals surface area contributed by atoms with E-state index >= 15 is 0 Å². The zero-order valence-corrected chi connectivity index (χ0v) is 11.4. The van der Waals surface area contributed by atoms with Crippen LogP contribution in [0.15, 0.2) is 24.3 Å². The van der Waals surface area contributed by atoms with Crippen molar-refractivity contribution < 1.29 is 0 Å². The Balaban J connectivity index is 1.64. The summed E-state index contributed by atoms with van der Waals surface area (Å²) in [4.78, 5) is 2.67. The molecule has 0 amide bonds. The zero-order chi connectivity index (χ0) is 12.4. The van der Waals surface area contributed by atoms with E-state index in [1.165, 1.54) is 52.0 Å². The molecule has 1 saturated heterocycles. The Morgan fingerprint density at radius 3 is 2.39 bits per heavy atom. The lowest BCUT2D eigenvalue weighted by Crippen LogP contribution is -2.38. The molecule has 1 N–H and O–H groups in total. The smallest absolute Gasteiger partial charge is 0.00482 e. The van der Waals surface area contributed by atoms with Gasteiger partial charge < -0.3 is 10.2 Å². The molecular formula is C16H24N2. The summed E-state index contributed by atoms with van der Waals surface area (Å²) in [5.41, 5.74) is 3.63. The second-order valence-electron chi connectivity index (χ2n) is 6.28. The van der Waals surface area contributed by atoms with Crippen LogP contribution in [0.1, 0.15) is 24.5 Å². The van der Waals surface area contributed by atoms with Gasteiger partial charge in [-0.3, -0.25) is 0 Å². The van der Waals surface area contributed by atoms with Crippen LogP contribution in [-0.2, 0) is 12.8 Å². The summed E-state index contributed by atoms with van der Waals surface area (Å²) in [6, 6.07) is 8.96. The van der Waals surface area contributed by atoms with Crippen molar-refractivity contribution in [1.82, 2.24) is 10.2 Å². The fourth-order valence-corrected chi connectivity index (χ4v) is 3.42. The molecule has 2 nitrogen and oxygen atoms in total. The number of fused-ring (bicyclic) bond motifs is 1. The van der Waals surface area contributed by atoms with Crippen LogP contribution in [0.5, 0.6) is 0 Å². The Bertz CT molecular complexity index is 380. The standard InChI is InChI=1S/C16H24N2/c1-16(8-9-17-12-16)13-18-10-6-14-4-2-3-5-15(14)7-11-18/h2-5,17H,6-13H2,1H3. The Kier molecular flexibility index (Phi) is 3.40. The summed E-state index contributed by atoms with van der Waals surface area (Å²) in [6.45, 7) is 8.54. The summed E-state index contributed by atoms with van der Waals surface area (Å²) in [7, 11) is 0. The normalized spacial score (nSPS) is 28.9. The summed E-state index contributed by atoms with van der Waals surface area (Å²) in [5.74, 6) is 0. The minimum absolute atomic E-state index is 0.497. The van der Waals surface area contributed by atoms with E-state index < -0.39 is 0 Å². The van der Waals surface area contributed by atoms with E-state index in [-0.39, 0.29) is 0 Å². The summed E-state index contributed by atoms with van der Waals surface area (Å²) < 4.78 is 0. The second-order valence-corrected chi connectivity index (χ2v) is 6.28. The number of rotatable bonds is 2. The van der Waals surface area contributed by atoms with Gasteiger partial charge in [0.05, 0.1) is 0 Å². The monoisotopic (exact) mass is 244 g/mol. The molecule has 0 bridgehead atoms. The molecule has 0 aliphatic carbocycles. The second kappa shape index (κ2) is 5.02. The molecule has 1 fully saturated rings. The molecule has 1 aromatic rings. The number of nitrogens with zero attached hydrogens (tertiary/aromatic N) is 1. The minimum atomic E-state index is 0.497. The van der Waals surface area contributed by atoms with Crippen molar-refractivity contribution in [1.29, 1.82) is 0 Å². The maximum absolute atomic E-state index is 3.51. The molecule has 2 aliphatic rings. The highest BCUT2D eigenvalue weighted by Gasteiger charge is 2.30. The lowest BCUT2D eigenvalue weighted by Gasteiger charge is -2.31. The first-order chi connectivity index (χ1) is 8.75. The van der Waals surface area contributed by atoms with Crippen molar-refractivity contribution in [2.75, 3.05) is 32.7 Å². The van der Waals surface area contributed by atoms with Gasteiger partial charge in [0.2, 0.25) is 0 Å². The van der Waals surface area contributed by atoms with Crippen molar-refractivity contribution in [3.8, 4) is 0 Å². The fraction of sp³-hybridized carbons (Fsp3) is 0.625. The van der Waals surface area contributed by atoms with Gasteiger partial charge in [-0.2, -0.15) is 0 Å². The number of nitrogens with one attached hydrogen (secondary N) is 1. The van der Waals surface area contributed by atoms with Crippen LogP contribution < -0.4 is 5.32 Å². The highest BCUT2D eigenvalue weighted by atomic mass is 15.1. The number of hydrogen-bond donors (Lipinski definition) is 1. The lowest BCUT2D eigenvalue weighted by atomic mass is 9.89. The maximum Gasteiger partial charge on any atom is 0.00482 e. The van der Waals surface area contributed by atoms with Gasteiger partial charge >= 0.3 is 0 Å². The number of benzene rings is 1. The highest BCUT2D eigenvalue weighted by molar-refractivity contribution is 5.28. The van der Waals surface area contributed by atoms with Crippen LogP contribution in [0, 0.1) is 5.41 Å². The van der Waals surface area contributed by atoms with E-state index in [0.717, 1.165) is 0 Å². The predicted octanol–water partition coefficient (Wildman–Crippen LogP) is 2.09. The Labute approximate surface area is 110 Å². The van der Waals surface area contributed by atoms with Gasteiger partial charge in [0.15, 0.2) is 0 Å². The lowest BCUT2D eigenvalue weighted by molar-refractivity contribution is 0.184. The molecule has 98 valence electrons. The fourth-order valence-electron chi connectivity index (χ4n) is 3.42. The Morgan fingerprint density at radius 2 is 1.83 bits per heavy atom. The maximum atomic E-state index is 3.51. The van der Waals surface area contributed by atoms with Crippen molar-refractivity contribution >= 4 is 0 Å². The van der Waals surface area contributed by atoms with Crippen molar-refractivity contribution in [2.45, 2.75) is 26.2 Å². The van der Waals surface area contributed by atoms with Gasteiger partial charge in [-0.25, -0.2) is 0 Å².